The molecule has 0 amide bonds. The molecule has 0 unspecified atom stereocenters. The highest BCUT2D eigenvalue weighted by Gasteiger charge is 1.97. The predicted octanol–water partition coefficient (Wildman–Crippen LogP) is 1.81. The zero-order chi connectivity index (χ0) is 8.97. The molecule has 1 N–H and O–H groups in total. The van der Waals surface area contributed by atoms with Crippen LogP contribution in [0.1, 0.15) is 5.56 Å². The summed E-state index contributed by atoms with van der Waals surface area (Å²) in [5.74, 6) is 5.18. The minimum absolute atomic E-state index is 0.00863. The van der Waals surface area contributed by atoms with Gasteiger partial charge in [0.1, 0.15) is 11.6 Å². The number of phenols is 1. The number of halogens is 1. The van der Waals surface area contributed by atoms with E-state index in [0.29, 0.717) is 11.3 Å². The van der Waals surface area contributed by atoms with E-state index in [1.165, 1.54) is 18.2 Å². The van der Waals surface area contributed by atoms with Crippen LogP contribution in [0.25, 0.3) is 0 Å². The molecule has 1 aromatic carbocycles. The number of hydrogen-bond acceptors (Lipinski definition) is 2. The molecule has 1 aromatic rings. The van der Waals surface area contributed by atoms with Crippen molar-refractivity contribution in [3.05, 3.63) is 29.6 Å². The van der Waals surface area contributed by atoms with Gasteiger partial charge in [-0.3, -0.25) is 0 Å². The van der Waals surface area contributed by atoms with Crippen molar-refractivity contribution in [1.29, 1.82) is 0 Å². The van der Waals surface area contributed by atoms with Crippen molar-refractivity contribution in [2.75, 3.05) is 5.75 Å². The van der Waals surface area contributed by atoms with Crippen molar-refractivity contribution in [1.82, 2.24) is 0 Å². The van der Waals surface area contributed by atoms with Gasteiger partial charge in [0.25, 0.3) is 0 Å². The molecule has 0 fully saturated rings. The third-order valence-corrected chi connectivity index (χ3v) is 1.42. The summed E-state index contributed by atoms with van der Waals surface area (Å²) in [4.78, 5) is 0. The highest BCUT2D eigenvalue weighted by Crippen LogP contribution is 2.15. The molecule has 0 bridgehead atoms. The Hall–Kier alpha value is -1.14. The summed E-state index contributed by atoms with van der Waals surface area (Å²) in [5, 5.41) is 9.17. The molecular weight excluding hydrogens is 175 g/mol. The average Bonchev–Trinajstić information content (AvgIpc) is 2.07. The second kappa shape index (κ2) is 4.03. The van der Waals surface area contributed by atoms with Gasteiger partial charge in [-0.25, -0.2) is 4.39 Å². The van der Waals surface area contributed by atoms with Gasteiger partial charge in [-0.2, -0.15) is 12.6 Å². The van der Waals surface area contributed by atoms with E-state index in [9.17, 15) is 4.39 Å². The maximum atomic E-state index is 12.6. The van der Waals surface area contributed by atoms with Gasteiger partial charge >= 0.3 is 0 Å². The molecule has 0 radical (unpaired) electrons. The molecular formula is C9H7FOS. The first-order valence-corrected chi connectivity index (χ1v) is 3.95. The quantitative estimate of drug-likeness (QED) is 0.463. The van der Waals surface area contributed by atoms with Crippen LogP contribution in [0.2, 0.25) is 0 Å². The minimum atomic E-state index is -0.406. The van der Waals surface area contributed by atoms with E-state index in [0.717, 1.165) is 0 Å². The van der Waals surface area contributed by atoms with Crippen LogP contribution < -0.4 is 0 Å². The Morgan fingerprint density at radius 3 is 2.92 bits per heavy atom. The van der Waals surface area contributed by atoms with E-state index >= 15 is 0 Å². The average molecular weight is 182 g/mol. The number of hydrogen-bond donors (Lipinski definition) is 2. The maximum Gasteiger partial charge on any atom is 0.131 e. The highest BCUT2D eigenvalue weighted by atomic mass is 32.1. The van der Waals surface area contributed by atoms with Crippen LogP contribution >= 0.6 is 12.6 Å². The SMILES string of the molecule is Oc1ccc(F)cc1C#CCS. The number of rotatable bonds is 0. The maximum absolute atomic E-state index is 12.6. The molecule has 0 spiro atoms. The second-order valence-corrected chi connectivity index (χ2v) is 2.44. The molecule has 12 heavy (non-hydrogen) atoms. The van der Waals surface area contributed by atoms with Crippen LogP contribution in [-0.4, -0.2) is 10.9 Å². The fourth-order valence-electron chi connectivity index (χ4n) is 0.743. The van der Waals surface area contributed by atoms with Gasteiger partial charge < -0.3 is 5.11 Å². The van der Waals surface area contributed by atoms with Crippen LogP contribution in [0.15, 0.2) is 18.2 Å². The van der Waals surface area contributed by atoms with Gasteiger partial charge in [0, 0.05) is 0 Å². The normalized spacial score (nSPS) is 8.83. The van der Waals surface area contributed by atoms with Crippen LogP contribution in [-0.2, 0) is 0 Å². The van der Waals surface area contributed by atoms with Crippen LogP contribution in [0.5, 0.6) is 5.75 Å². The van der Waals surface area contributed by atoms with Gasteiger partial charge in [0.2, 0.25) is 0 Å². The van der Waals surface area contributed by atoms with Gasteiger partial charge in [0.15, 0.2) is 0 Å². The molecule has 0 aliphatic carbocycles. The fourth-order valence-corrected chi connectivity index (χ4v) is 0.822. The summed E-state index contributed by atoms with van der Waals surface area (Å²) in [6.45, 7) is 0. The van der Waals surface area contributed by atoms with Crippen molar-refractivity contribution >= 4 is 12.6 Å². The Bertz CT molecular complexity index is 338. The zero-order valence-corrected chi connectivity index (χ0v) is 7.11. The molecule has 0 aliphatic heterocycles. The summed E-state index contributed by atoms with van der Waals surface area (Å²) in [6, 6.07) is 3.64. The van der Waals surface area contributed by atoms with E-state index < -0.39 is 5.82 Å². The fraction of sp³-hybridized carbons (Fsp3) is 0.111. The van der Waals surface area contributed by atoms with Crippen LogP contribution in [0, 0.1) is 17.7 Å². The van der Waals surface area contributed by atoms with E-state index in [-0.39, 0.29) is 5.75 Å². The minimum Gasteiger partial charge on any atom is -0.507 e. The first-order valence-electron chi connectivity index (χ1n) is 3.32. The summed E-state index contributed by atoms with van der Waals surface area (Å²) in [7, 11) is 0. The number of phenolic OH excluding ortho intramolecular Hbond substituents is 1. The van der Waals surface area contributed by atoms with Crippen molar-refractivity contribution in [3.63, 3.8) is 0 Å². The molecule has 0 atom stereocenters. The first kappa shape index (κ1) is 8.95. The lowest BCUT2D eigenvalue weighted by Crippen LogP contribution is -1.79. The van der Waals surface area contributed by atoms with Crippen molar-refractivity contribution in [3.8, 4) is 17.6 Å². The molecule has 0 heterocycles. The third-order valence-electron chi connectivity index (χ3n) is 1.26. The molecule has 0 saturated carbocycles. The van der Waals surface area contributed by atoms with Gasteiger partial charge in [-0.15, -0.1) is 0 Å². The molecule has 1 nitrogen and oxygen atoms in total. The summed E-state index contributed by atoms with van der Waals surface area (Å²) in [6.07, 6.45) is 0. The standard InChI is InChI=1S/C9H7FOS/c10-8-3-4-9(11)7(6-8)2-1-5-12/h3-4,6,11-12H,5H2. The lowest BCUT2D eigenvalue weighted by atomic mass is 10.2. The molecule has 0 saturated heterocycles. The predicted molar refractivity (Wildman–Crippen MR) is 48.8 cm³/mol. The molecule has 3 heteroatoms. The number of aromatic hydroxyl groups is 1. The van der Waals surface area contributed by atoms with E-state index in [4.69, 9.17) is 5.11 Å². The monoisotopic (exact) mass is 182 g/mol. The number of benzene rings is 1. The van der Waals surface area contributed by atoms with E-state index in [2.05, 4.69) is 24.5 Å². The van der Waals surface area contributed by atoms with Crippen molar-refractivity contribution < 1.29 is 9.50 Å². The third kappa shape index (κ3) is 2.18. The Labute approximate surface area is 75.6 Å². The van der Waals surface area contributed by atoms with Crippen molar-refractivity contribution in [2.45, 2.75) is 0 Å². The molecule has 0 aliphatic rings. The Morgan fingerprint density at radius 2 is 2.25 bits per heavy atom. The van der Waals surface area contributed by atoms with Crippen LogP contribution in [0.3, 0.4) is 0 Å². The lowest BCUT2D eigenvalue weighted by Gasteiger charge is -1.95. The summed E-state index contributed by atoms with van der Waals surface area (Å²) in [5.41, 5.74) is 0.295. The highest BCUT2D eigenvalue weighted by molar-refractivity contribution is 7.80. The zero-order valence-electron chi connectivity index (χ0n) is 6.21. The summed E-state index contributed by atoms with van der Waals surface area (Å²) < 4.78 is 12.6. The summed E-state index contributed by atoms with van der Waals surface area (Å²) >= 11 is 3.86. The Morgan fingerprint density at radius 1 is 1.50 bits per heavy atom. The van der Waals surface area contributed by atoms with Crippen LogP contribution in [0.4, 0.5) is 4.39 Å². The van der Waals surface area contributed by atoms with Gasteiger partial charge in [-0.05, 0) is 18.2 Å². The molecule has 0 aromatic heterocycles. The van der Waals surface area contributed by atoms with Gasteiger partial charge in [0.05, 0.1) is 11.3 Å². The van der Waals surface area contributed by atoms with E-state index in [1.54, 1.807) is 0 Å². The Kier molecular flexibility index (Phi) is 3.01. The first-order chi connectivity index (χ1) is 5.74. The second-order valence-electron chi connectivity index (χ2n) is 2.12. The van der Waals surface area contributed by atoms with E-state index in [1.807, 2.05) is 0 Å². The smallest absolute Gasteiger partial charge is 0.131 e. The number of thiol groups is 1. The lowest BCUT2D eigenvalue weighted by molar-refractivity contribution is 0.471. The molecule has 1 rings (SSSR count). The topological polar surface area (TPSA) is 20.2 Å². The largest absolute Gasteiger partial charge is 0.507 e. The van der Waals surface area contributed by atoms with Gasteiger partial charge in [-0.1, -0.05) is 11.8 Å². The molecule has 62 valence electrons. The van der Waals surface area contributed by atoms with Crippen molar-refractivity contribution in [2.24, 2.45) is 0 Å². The Balaban J connectivity index is 3.05.